The number of hydrogen-bond donors (Lipinski definition) is 2. The van der Waals surface area contributed by atoms with Crippen LogP contribution >= 0.6 is 0 Å². The summed E-state index contributed by atoms with van der Waals surface area (Å²) in [4.78, 5) is 19.3. The van der Waals surface area contributed by atoms with Crippen LogP contribution in [0.3, 0.4) is 0 Å². The lowest BCUT2D eigenvalue weighted by Crippen LogP contribution is -2.24. The third-order valence-corrected chi connectivity index (χ3v) is 1.88. The number of aromatic nitrogens is 5. The molecule has 0 aliphatic carbocycles. The first-order valence-corrected chi connectivity index (χ1v) is 4.74. The fraction of sp³-hybridized carbons (Fsp3) is 0.375. The second kappa shape index (κ2) is 4.51. The van der Waals surface area contributed by atoms with E-state index in [9.17, 15) is 4.79 Å². The average molecular weight is 222 g/mol. The molecule has 0 aliphatic rings. The number of rotatable bonds is 4. The molecule has 1 amide bonds. The Labute approximate surface area is 90.5 Å². The summed E-state index contributed by atoms with van der Waals surface area (Å²) in [5.41, 5.74) is 0. The van der Waals surface area contributed by atoms with Crippen molar-refractivity contribution in [3.05, 3.63) is 23.9 Å². The van der Waals surface area contributed by atoms with Crippen molar-refractivity contribution in [1.29, 1.82) is 0 Å². The molecule has 0 spiro atoms. The van der Waals surface area contributed by atoms with E-state index in [4.69, 9.17) is 0 Å². The molecule has 16 heavy (non-hydrogen) atoms. The largest absolute Gasteiger partial charge is 0.343 e. The highest BCUT2D eigenvalue weighted by Crippen LogP contribution is 1.94. The van der Waals surface area contributed by atoms with Gasteiger partial charge in [-0.3, -0.25) is 9.89 Å². The molecule has 84 valence electrons. The SMILES string of the molecule is CCc1nc(C(=O)NCc2ncon2)n[nH]1. The highest BCUT2D eigenvalue weighted by Gasteiger charge is 2.12. The van der Waals surface area contributed by atoms with Crippen molar-refractivity contribution in [1.82, 2.24) is 30.6 Å². The minimum Gasteiger partial charge on any atom is -0.343 e. The highest BCUT2D eigenvalue weighted by molar-refractivity contribution is 5.90. The molecule has 8 heteroatoms. The van der Waals surface area contributed by atoms with Gasteiger partial charge in [0.15, 0.2) is 5.82 Å². The summed E-state index contributed by atoms with van der Waals surface area (Å²) < 4.78 is 4.52. The lowest BCUT2D eigenvalue weighted by atomic mass is 10.4. The number of aryl methyl sites for hydroxylation is 1. The van der Waals surface area contributed by atoms with Gasteiger partial charge in [0.25, 0.3) is 5.91 Å². The molecule has 0 saturated heterocycles. The maximum atomic E-state index is 11.5. The lowest BCUT2D eigenvalue weighted by Gasteiger charge is -1.96. The zero-order valence-corrected chi connectivity index (χ0v) is 8.60. The Hall–Kier alpha value is -2.25. The van der Waals surface area contributed by atoms with Gasteiger partial charge in [0.1, 0.15) is 5.82 Å². The molecule has 0 saturated carbocycles. The molecular weight excluding hydrogens is 212 g/mol. The molecule has 0 fully saturated rings. The van der Waals surface area contributed by atoms with Gasteiger partial charge >= 0.3 is 0 Å². The van der Waals surface area contributed by atoms with Crippen molar-refractivity contribution >= 4 is 5.91 Å². The molecule has 2 aromatic rings. The molecule has 2 aromatic heterocycles. The number of nitrogens with one attached hydrogen (secondary N) is 2. The van der Waals surface area contributed by atoms with Crippen LogP contribution in [0.4, 0.5) is 0 Å². The number of H-pyrrole nitrogens is 1. The molecular formula is C8H10N6O2. The Morgan fingerprint density at radius 2 is 2.50 bits per heavy atom. The first-order valence-electron chi connectivity index (χ1n) is 4.74. The normalized spacial score (nSPS) is 10.3. The van der Waals surface area contributed by atoms with E-state index < -0.39 is 0 Å². The molecule has 0 aliphatic heterocycles. The number of nitrogens with zero attached hydrogens (tertiary/aromatic N) is 4. The van der Waals surface area contributed by atoms with Gasteiger partial charge < -0.3 is 9.84 Å². The van der Waals surface area contributed by atoms with Crippen molar-refractivity contribution in [2.24, 2.45) is 0 Å². The van der Waals surface area contributed by atoms with Crippen LogP contribution in [0.5, 0.6) is 0 Å². The van der Waals surface area contributed by atoms with Gasteiger partial charge in [0.05, 0.1) is 6.54 Å². The fourth-order valence-corrected chi connectivity index (χ4v) is 1.06. The maximum absolute atomic E-state index is 11.5. The Kier molecular flexibility index (Phi) is 2.90. The first kappa shape index (κ1) is 10.3. The Bertz CT molecular complexity index is 463. The van der Waals surface area contributed by atoms with Gasteiger partial charge in [-0.05, 0) is 0 Å². The lowest BCUT2D eigenvalue weighted by molar-refractivity contribution is 0.0939. The van der Waals surface area contributed by atoms with E-state index in [0.717, 1.165) is 0 Å². The molecule has 0 bridgehead atoms. The van der Waals surface area contributed by atoms with E-state index >= 15 is 0 Å². The van der Waals surface area contributed by atoms with Gasteiger partial charge in [-0.1, -0.05) is 12.1 Å². The third-order valence-electron chi connectivity index (χ3n) is 1.88. The summed E-state index contributed by atoms with van der Waals surface area (Å²) in [7, 11) is 0. The molecule has 2 heterocycles. The fourth-order valence-electron chi connectivity index (χ4n) is 1.06. The van der Waals surface area contributed by atoms with E-state index in [1.807, 2.05) is 6.92 Å². The second-order valence-corrected chi connectivity index (χ2v) is 2.99. The van der Waals surface area contributed by atoms with E-state index in [1.54, 1.807) is 0 Å². The van der Waals surface area contributed by atoms with E-state index in [2.05, 4.69) is 35.2 Å². The van der Waals surface area contributed by atoms with Crippen LogP contribution in [0, 0.1) is 0 Å². The minimum atomic E-state index is -0.374. The van der Waals surface area contributed by atoms with Crippen molar-refractivity contribution in [3.63, 3.8) is 0 Å². The third kappa shape index (κ3) is 2.22. The van der Waals surface area contributed by atoms with Crippen LogP contribution in [0.15, 0.2) is 10.9 Å². The summed E-state index contributed by atoms with van der Waals surface area (Å²) in [6.45, 7) is 2.10. The summed E-state index contributed by atoms with van der Waals surface area (Å²) in [5.74, 6) is 0.811. The number of aromatic amines is 1. The molecule has 2 N–H and O–H groups in total. The summed E-state index contributed by atoms with van der Waals surface area (Å²) in [5, 5.41) is 12.6. The van der Waals surface area contributed by atoms with E-state index in [0.29, 0.717) is 18.1 Å². The van der Waals surface area contributed by atoms with Crippen molar-refractivity contribution in [3.8, 4) is 0 Å². The van der Waals surface area contributed by atoms with Gasteiger partial charge in [-0.25, -0.2) is 4.98 Å². The number of carbonyl (C=O) groups is 1. The molecule has 0 radical (unpaired) electrons. The Morgan fingerprint density at radius 1 is 1.62 bits per heavy atom. The summed E-state index contributed by atoms with van der Waals surface area (Å²) in [6, 6.07) is 0. The monoisotopic (exact) mass is 222 g/mol. The zero-order valence-electron chi connectivity index (χ0n) is 8.60. The van der Waals surface area contributed by atoms with E-state index in [1.165, 1.54) is 6.39 Å². The Morgan fingerprint density at radius 3 is 3.12 bits per heavy atom. The maximum Gasteiger partial charge on any atom is 0.291 e. The van der Waals surface area contributed by atoms with Crippen LogP contribution < -0.4 is 5.32 Å². The van der Waals surface area contributed by atoms with Crippen LogP contribution in [-0.4, -0.2) is 31.2 Å². The quantitative estimate of drug-likeness (QED) is 0.733. The zero-order chi connectivity index (χ0) is 11.4. The average Bonchev–Trinajstić information content (AvgIpc) is 2.96. The van der Waals surface area contributed by atoms with Crippen molar-refractivity contribution in [2.45, 2.75) is 19.9 Å². The smallest absolute Gasteiger partial charge is 0.291 e. The predicted molar refractivity (Wildman–Crippen MR) is 51.2 cm³/mol. The number of hydrogen-bond acceptors (Lipinski definition) is 6. The van der Waals surface area contributed by atoms with Gasteiger partial charge in [-0.15, -0.1) is 5.10 Å². The van der Waals surface area contributed by atoms with Crippen LogP contribution in [0.1, 0.15) is 29.2 Å². The minimum absolute atomic E-state index is 0.111. The predicted octanol–water partition coefficient (Wildman–Crippen LogP) is -0.320. The molecule has 0 aromatic carbocycles. The standard InChI is InChI=1S/C8H10N6O2/c1-2-5-11-7(13-12-5)8(15)9-3-6-10-4-16-14-6/h4H,2-3H2,1H3,(H,9,15)(H,11,12,13). The first-order chi connectivity index (χ1) is 7.79. The van der Waals surface area contributed by atoms with Gasteiger partial charge in [0, 0.05) is 6.42 Å². The summed E-state index contributed by atoms with van der Waals surface area (Å²) in [6.07, 6.45) is 1.90. The van der Waals surface area contributed by atoms with E-state index in [-0.39, 0.29) is 18.3 Å². The topological polar surface area (TPSA) is 110 Å². The Balaban J connectivity index is 1.93. The summed E-state index contributed by atoms with van der Waals surface area (Å²) >= 11 is 0. The highest BCUT2D eigenvalue weighted by atomic mass is 16.5. The van der Waals surface area contributed by atoms with Crippen molar-refractivity contribution in [2.75, 3.05) is 0 Å². The second-order valence-electron chi connectivity index (χ2n) is 2.99. The molecule has 8 nitrogen and oxygen atoms in total. The number of carbonyl (C=O) groups excluding carboxylic acids is 1. The molecule has 0 unspecified atom stereocenters. The van der Waals surface area contributed by atoms with Crippen LogP contribution in [-0.2, 0) is 13.0 Å². The number of amides is 1. The van der Waals surface area contributed by atoms with Gasteiger partial charge in [-0.2, -0.15) is 4.98 Å². The molecule has 2 rings (SSSR count). The van der Waals surface area contributed by atoms with Gasteiger partial charge in [0.2, 0.25) is 12.2 Å². The molecule has 0 atom stereocenters. The van der Waals surface area contributed by atoms with Crippen LogP contribution in [0.2, 0.25) is 0 Å². The van der Waals surface area contributed by atoms with Crippen LogP contribution in [0.25, 0.3) is 0 Å². The van der Waals surface area contributed by atoms with Crippen molar-refractivity contribution < 1.29 is 9.32 Å².